The Hall–Kier alpha value is -2.60. The molecule has 0 aliphatic carbocycles. The van der Waals surface area contributed by atoms with Gasteiger partial charge < -0.3 is 20.1 Å². The molecule has 6 heteroatoms. The largest absolute Gasteiger partial charge is 0.492 e. The molecule has 2 heterocycles. The number of hydrogen-bond acceptors (Lipinski definition) is 5. The van der Waals surface area contributed by atoms with Crippen LogP contribution in [0.2, 0.25) is 0 Å². The van der Waals surface area contributed by atoms with Crippen LogP contribution < -0.4 is 15.0 Å². The first-order chi connectivity index (χ1) is 12.3. The van der Waals surface area contributed by atoms with Gasteiger partial charge in [-0.2, -0.15) is 0 Å². The molecule has 2 aromatic rings. The van der Waals surface area contributed by atoms with Crippen LogP contribution in [-0.2, 0) is 0 Å². The van der Waals surface area contributed by atoms with E-state index in [1.807, 2.05) is 30.3 Å². The summed E-state index contributed by atoms with van der Waals surface area (Å²) < 4.78 is 5.56. The van der Waals surface area contributed by atoms with Gasteiger partial charge in [-0.05, 0) is 37.1 Å². The van der Waals surface area contributed by atoms with Crippen LogP contribution in [0.3, 0.4) is 0 Å². The van der Waals surface area contributed by atoms with Crippen LogP contribution in [0.1, 0.15) is 23.2 Å². The molecule has 1 saturated heterocycles. The first-order valence-corrected chi connectivity index (χ1v) is 8.57. The standard InChI is InChI=1S/C19H23N3O3/c23-14-16-5-4-11-22(16)18-13-15(8-9-20-18)19(24)21-10-12-25-17-6-2-1-3-7-17/h1-3,6-9,13,16,23H,4-5,10-12,14H2,(H,21,24). The highest BCUT2D eigenvalue weighted by Gasteiger charge is 2.25. The van der Waals surface area contributed by atoms with E-state index in [0.29, 0.717) is 18.7 Å². The molecule has 6 nitrogen and oxygen atoms in total. The smallest absolute Gasteiger partial charge is 0.251 e. The van der Waals surface area contributed by atoms with Crippen molar-refractivity contribution in [3.63, 3.8) is 0 Å². The molecule has 1 fully saturated rings. The lowest BCUT2D eigenvalue weighted by Gasteiger charge is -2.24. The quantitative estimate of drug-likeness (QED) is 0.752. The molecule has 25 heavy (non-hydrogen) atoms. The monoisotopic (exact) mass is 341 g/mol. The van der Waals surface area contributed by atoms with E-state index in [1.165, 1.54) is 0 Å². The second-order valence-electron chi connectivity index (χ2n) is 5.99. The number of pyridine rings is 1. The number of rotatable bonds is 7. The summed E-state index contributed by atoms with van der Waals surface area (Å²) in [7, 11) is 0. The number of aliphatic hydroxyl groups is 1. The zero-order chi connectivity index (χ0) is 17.5. The minimum atomic E-state index is -0.153. The van der Waals surface area contributed by atoms with Crippen molar-refractivity contribution in [3.8, 4) is 5.75 Å². The molecule has 0 spiro atoms. The van der Waals surface area contributed by atoms with E-state index in [9.17, 15) is 9.90 Å². The average molecular weight is 341 g/mol. The van der Waals surface area contributed by atoms with E-state index in [-0.39, 0.29) is 18.6 Å². The summed E-state index contributed by atoms with van der Waals surface area (Å²) in [5.41, 5.74) is 0.563. The number of anilines is 1. The Bertz CT molecular complexity index is 693. The molecule has 3 rings (SSSR count). The Morgan fingerprint density at radius 2 is 2.16 bits per heavy atom. The molecule has 1 atom stereocenters. The number of amides is 1. The van der Waals surface area contributed by atoms with Gasteiger partial charge in [0.2, 0.25) is 0 Å². The van der Waals surface area contributed by atoms with Gasteiger partial charge in [-0.1, -0.05) is 18.2 Å². The maximum atomic E-state index is 12.3. The van der Waals surface area contributed by atoms with Crippen molar-refractivity contribution in [3.05, 3.63) is 54.2 Å². The number of nitrogens with one attached hydrogen (secondary N) is 1. The van der Waals surface area contributed by atoms with Gasteiger partial charge in [0, 0.05) is 18.3 Å². The molecule has 0 bridgehead atoms. The Balaban J connectivity index is 1.53. The highest BCUT2D eigenvalue weighted by molar-refractivity contribution is 5.94. The van der Waals surface area contributed by atoms with E-state index in [0.717, 1.165) is 31.0 Å². The van der Waals surface area contributed by atoms with E-state index in [1.54, 1.807) is 18.3 Å². The van der Waals surface area contributed by atoms with Gasteiger partial charge in [0.05, 0.1) is 19.2 Å². The summed E-state index contributed by atoms with van der Waals surface area (Å²) in [6.45, 7) is 1.80. The molecule has 1 aliphatic rings. The van der Waals surface area contributed by atoms with Crippen LogP contribution in [0, 0.1) is 0 Å². The molecular weight excluding hydrogens is 318 g/mol. The Kier molecular flexibility index (Phi) is 5.85. The summed E-state index contributed by atoms with van der Waals surface area (Å²) >= 11 is 0. The number of para-hydroxylation sites is 1. The van der Waals surface area contributed by atoms with Crippen LogP contribution in [0.4, 0.5) is 5.82 Å². The number of carbonyl (C=O) groups is 1. The maximum absolute atomic E-state index is 12.3. The number of nitrogens with zero attached hydrogens (tertiary/aromatic N) is 2. The summed E-state index contributed by atoms with van der Waals surface area (Å²) in [5, 5.41) is 12.3. The predicted octanol–water partition coefficient (Wildman–Crippen LogP) is 1.85. The lowest BCUT2D eigenvalue weighted by molar-refractivity contribution is 0.0947. The molecule has 1 aliphatic heterocycles. The minimum Gasteiger partial charge on any atom is -0.492 e. The molecule has 132 valence electrons. The highest BCUT2D eigenvalue weighted by atomic mass is 16.5. The van der Waals surface area contributed by atoms with Crippen molar-refractivity contribution in [2.24, 2.45) is 0 Å². The minimum absolute atomic E-state index is 0.0880. The first-order valence-electron chi connectivity index (χ1n) is 8.57. The van der Waals surface area contributed by atoms with Gasteiger partial charge in [-0.3, -0.25) is 4.79 Å². The van der Waals surface area contributed by atoms with Gasteiger partial charge in [0.25, 0.3) is 5.91 Å². The van der Waals surface area contributed by atoms with E-state index >= 15 is 0 Å². The fourth-order valence-electron chi connectivity index (χ4n) is 3.00. The number of carbonyl (C=O) groups excluding carboxylic acids is 1. The van der Waals surface area contributed by atoms with E-state index in [4.69, 9.17) is 4.74 Å². The van der Waals surface area contributed by atoms with Crippen molar-refractivity contribution < 1.29 is 14.6 Å². The normalized spacial score (nSPS) is 16.7. The number of aliphatic hydroxyl groups excluding tert-OH is 1. The number of hydrogen-bond donors (Lipinski definition) is 2. The van der Waals surface area contributed by atoms with Crippen molar-refractivity contribution in [2.75, 3.05) is 31.2 Å². The fourth-order valence-corrected chi connectivity index (χ4v) is 3.00. The Morgan fingerprint density at radius 1 is 1.32 bits per heavy atom. The fraction of sp³-hybridized carbons (Fsp3) is 0.368. The van der Waals surface area contributed by atoms with E-state index in [2.05, 4.69) is 15.2 Å². The number of ether oxygens (including phenoxy) is 1. The third-order valence-corrected chi connectivity index (χ3v) is 4.29. The average Bonchev–Trinajstić information content (AvgIpc) is 3.15. The number of benzene rings is 1. The molecule has 1 aromatic heterocycles. The Labute approximate surface area is 147 Å². The summed E-state index contributed by atoms with van der Waals surface area (Å²) in [6.07, 6.45) is 3.61. The van der Waals surface area contributed by atoms with Crippen LogP contribution >= 0.6 is 0 Å². The van der Waals surface area contributed by atoms with Crippen molar-refractivity contribution in [1.82, 2.24) is 10.3 Å². The third kappa shape index (κ3) is 4.48. The highest BCUT2D eigenvalue weighted by Crippen LogP contribution is 2.24. The van der Waals surface area contributed by atoms with Crippen LogP contribution in [0.25, 0.3) is 0 Å². The van der Waals surface area contributed by atoms with Gasteiger partial charge in [-0.25, -0.2) is 4.98 Å². The zero-order valence-corrected chi connectivity index (χ0v) is 14.1. The van der Waals surface area contributed by atoms with Crippen LogP contribution in [0.15, 0.2) is 48.7 Å². The Morgan fingerprint density at radius 3 is 2.96 bits per heavy atom. The van der Waals surface area contributed by atoms with Gasteiger partial charge in [-0.15, -0.1) is 0 Å². The van der Waals surface area contributed by atoms with Gasteiger partial charge >= 0.3 is 0 Å². The summed E-state index contributed by atoms with van der Waals surface area (Å²) in [5.74, 6) is 1.37. The predicted molar refractivity (Wildman–Crippen MR) is 96.0 cm³/mol. The lowest BCUT2D eigenvalue weighted by atomic mass is 10.2. The van der Waals surface area contributed by atoms with Crippen molar-refractivity contribution >= 4 is 11.7 Å². The second kappa shape index (κ2) is 8.48. The molecule has 1 amide bonds. The van der Waals surface area contributed by atoms with Crippen LogP contribution in [0.5, 0.6) is 5.75 Å². The second-order valence-corrected chi connectivity index (χ2v) is 5.99. The molecule has 0 radical (unpaired) electrons. The third-order valence-electron chi connectivity index (χ3n) is 4.29. The summed E-state index contributed by atoms with van der Waals surface area (Å²) in [6, 6.07) is 13.1. The summed E-state index contributed by atoms with van der Waals surface area (Å²) in [4.78, 5) is 18.7. The lowest BCUT2D eigenvalue weighted by Crippen LogP contribution is -2.33. The zero-order valence-electron chi connectivity index (χ0n) is 14.1. The van der Waals surface area contributed by atoms with Crippen LogP contribution in [-0.4, -0.2) is 48.3 Å². The topological polar surface area (TPSA) is 74.7 Å². The molecule has 2 N–H and O–H groups in total. The first kappa shape index (κ1) is 17.2. The SMILES string of the molecule is O=C(NCCOc1ccccc1)c1ccnc(N2CCCC2CO)c1. The van der Waals surface area contributed by atoms with Crippen molar-refractivity contribution in [1.29, 1.82) is 0 Å². The van der Waals surface area contributed by atoms with Gasteiger partial charge in [0.1, 0.15) is 18.2 Å². The molecule has 0 saturated carbocycles. The number of aromatic nitrogens is 1. The van der Waals surface area contributed by atoms with E-state index < -0.39 is 0 Å². The molecule has 1 aromatic carbocycles. The molecular formula is C19H23N3O3. The molecule has 1 unspecified atom stereocenters. The maximum Gasteiger partial charge on any atom is 0.251 e. The van der Waals surface area contributed by atoms with Crippen molar-refractivity contribution in [2.45, 2.75) is 18.9 Å². The van der Waals surface area contributed by atoms with Gasteiger partial charge in [0.15, 0.2) is 0 Å².